The molecular weight excluding hydrogens is 348 g/mol. The number of pyridine rings is 1. The Labute approximate surface area is 160 Å². The molecule has 3 atom stereocenters. The maximum absolute atomic E-state index is 11.7. The van der Waals surface area contributed by atoms with E-state index in [1.165, 1.54) is 12.8 Å². The summed E-state index contributed by atoms with van der Waals surface area (Å²) in [6.45, 7) is 5.15. The molecule has 0 aliphatic heterocycles. The lowest BCUT2D eigenvalue weighted by Crippen LogP contribution is -2.57. The van der Waals surface area contributed by atoms with E-state index in [1.54, 1.807) is 18.3 Å². The molecule has 1 unspecified atom stereocenters. The third-order valence-corrected chi connectivity index (χ3v) is 5.11. The van der Waals surface area contributed by atoms with E-state index in [0.29, 0.717) is 30.6 Å². The van der Waals surface area contributed by atoms with Crippen molar-refractivity contribution < 1.29 is 24.5 Å². The number of aliphatic hydroxyl groups is 1. The number of rotatable bonds is 13. The van der Waals surface area contributed by atoms with Crippen LogP contribution >= 0.6 is 0 Å². The second-order valence-corrected chi connectivity index (χ2v) is 7.63. The Morgan fingerprint density at radius 2 is 2.19 bits per heavy atom. The number of hydrogen-bond donors (Lipinski definition) is 3. The van der Waals surface area contributed by atoms with Crippen LogP contribution in [0, 0.1) is 11.8 Å². The molecule has 1 aliphatic rings. The number of aliphatic carboxylic acids is 1. The molecule has 7 heteroatoms. The highest BCUT2D eigenvalue weighted by Gasteiger charge is 2.43. The zero-order valence-corrected chi connectivity index (χ0v) is 16.3. The largest absolute Gasteiger partial charge is 0.493 e. The van der Waals surface area contributed by atoms with Crippen molar-refractivity contribution in [1.29, 1.82) is 0 Å². The first-order valence-corrected chi connectivity index (χ1v) is 9.72. The van der Waals surface area contributed by atoms with E-state index in [4.69, 9.17) is 15.2 Å². The van der Waals surface area contributed by atoms with Gasteiger partial charge in [-0.2, -0.15) is 0 Å². The number of hydrogen-bond acceptors (Lipinski definition) is 6. The average molecular weight is 380 g/mol. The SMILES string of the molecule is CCC(C)COC[C@H](N)[C@](O)(Cc1cc(OCCC2CC2)ccn1)C(=O)O. The quantitative estimate of drug-likeness (QED) is 0.479. The maximum Gasteiger partial charge on any atom is 0.337 e. The lowest BCUT2D eigenvalue weighted by Gasteiger charge is -2.29. The maximum atomic E-state index is 11.7. The zero-order chi connectivity index (χ0) is 19.9. The van der Waals surface area contributed by atoms with E-state index < -0.39 is 17.6 Å². The molecule has 2 rings (SSSR count). The predicted octanol–water partition coefficient (Wildman–Crippen LogP) is 2.01. The molecule has 0 saturated heterocycles. The van der Waals surface area contributed by atoms with Gasteiger partial charge in [0.2, 0.25) is 0 Å². The average Bonchev–Trinajstić information content (AvgIpc) is 3.45. The number of carboxylic acid groups (broad SMARTS) is 1. The second-order valence-electron chi connectivity index (χ2n) is 7.63. The van der Waals surface area contributed by atoms with Crippen LogP contribution < -0.4 is 10.5 Å². The fourth-order valence-electron chi connectivity index (χ4n) is 2.69. The molecule has 0 amide bonds. The van der Waals surface area contributed by atoms with Crippen molar-refractivity contribution in [2.24, 2.45) is 17.6 Å². The molecule has 1 fully saturated rings. The van der Waals surface area contributed by atoms with Crippen LogP contribution in [0.25, 0.3) is 0 Å². The van der Waals surface area contributed by atoms with E-state index in [-0.39, 0.29) is 13.0 Å². The van der Waals surface area contributed by atoms with Crippen molar-refractivity contribution in [2.75, 3.05) is 19.8 Å². The monoisotopic (exact) mass is 380 g/mol. The number of aromatic nitrogens is 1. The third kappa shape index (κ3) is 6.75. The van der Waals surface area contributed by atoms with Crippen LogP contribution in [0.15, 0.2) is 18.3 Å². The van der Waals surface area contributed by atoms with Gasteiger partial charge in [0.1, 0.15) is 5.75 Å². The van der Waals surface area contributed by atoms with E-state index in [2.05, 4.69) is 4.98 Å². The first kappa shape index (κ1) is 21.6. The fourth-order valence-corrected chi connectivity index (χ4v) is 2.69. The number of nitrogens with two attached hydrogens (primary N) is 1. The van der Waals surface area contributed by atoms with E-state index >= 15 is 0 Å². The normalized spacial score (nSPS) is 18.5. The molecule has 1 aliphatic carbocycles. The minimum Gasteiger partial charge on any atom is -0.493 e. The topological polar surface area (TPSA) is 115 Å². The van der Waals surface area contributed by atoms with Gasteiger partial charge in [0.25, 0.3) is 0 Å². The molecule has 27 heavy (non-hydrogen) atoms. The van der Waals surface area contributed by atoms with Gasteiger partial charge in [-0.1, -0.05) is 33.1 Å². The number of carboxylic acids is 1. The molecule has 4 N–H and O–H groups in total. The summed E-state index contributed by atoms with van der Waals surface area (Å²) in [7, 11) is 0. The van der Waals surface area contributed by atoms with Crippen LogP contribution in [0.4, 0.5) is 0 Å². The molecular formula is C20H32N2O5. The van der Waals surface area contributed by atoms with Crippen LogP contribution in [0.3, 0.4) is 0 Å². The Bertz CT molecular complexity index is 608. The van der Waals surface area contributed by atoms with Crippen molar-refractivity contribution in [3.63, 3.8) is 0 Å². The van der Waals surface area contributed by atoms with Gasteiger partial charge in [-0.3, -0.25) is 4.98 Å². The summed E-state index contributed by atoms with van der Waals surface area (Å²) < 4.78 is 11.2. The Kier molecular flexibility index (Phi) is 8.01. The van der Waals surface area contributed by atoms with Crippen LogP contribution in [-0.2, 0) is 16.0 Å². The first-order valence-electron chi connectivity index (χ1n) is 9.72. The Hall–Kier alpha value is -1.70. The summed E-state index contributed by atoms with van der Waals surface area (Å²) in [5.74, 6) is 0.358. The highest BCUT2D eigenvalue weighted by molar-refractivity contribution is 5.78. The molecule has 1 aromatic heterocycles. The Balaban J connectivity index is 1.95. The summed E-state index contributed by atoms with van der Waals surface area (Å²) in [4.78, 5) is 15.9. The van der Waals surface area contributed by atoms with Crippen LogP contribution in [0.5, 0.6) is 5.75 Å². The summed E-state index contributed by atoms with van der Waals surface area (Å²) >= 11 is 0. The van der Waals surface area contributed by atoms with E-state index in [9.17, 15) is 15.0 Å². The molecule has 7 nitrogen and oxygen atoms in total. The van der Waals surface area contributed by atoms with Gasteiger partial charge in [-0.15, -0.1) is 0 Å². The minimum absolute atomic E-state index is 0.0370. The van der Waals surface area contributed by atoms with Crippen molar-refractivity contribution in [3.05, 3.63) is 24.0 Å². The summed E-state index contributed by atoms with van der Waals surface area (Å²) in [5, 5.41) is 20.2. The first-order chi connectivity index (χ1) is 12.8. The third-order valence-electron chi connectivity index (χ3n) is 5.11. The fraction of sp³-hybridized carbons (Fsp3) is 0.700. The number of ether oxygens (including phenoxy) is 2. The predicted molar refractivity (Wildman–Crippen MR) is 102 cm³/mol. The van der Waals surface area contributed by atoms with Gasteiger partial charge in [-0.05, 0) is 24.3 Å². The van der Waals surface area contributed by atoms with E-state index in [1.807, 2.05) is 13.8 Å². The van der Waals surface area contributed by atoms with Gasteiger partial charge in [-0.25, -0.2) is 4.79 Å². The lowest BCUT2D eigenvalue weighted by atomic mass is 9.89. The van der Waals surface area contributed by atoms with Crippen LogP contribution in [-0.4, -0.2) is 52.6 Å². The van der Waals surface area contributed by atoms with Gasteiger partial charge in [0.15, 0.2) is 5.60 Å². The standard InChI is InChI=1S/C20H32N2O5/c1-3-14(2)12-26-13-18(21)20(25,19(23)24)11-16-10-17(6-8-22-16)27-9-7-15-4-5-15/h6,8,10,14-15,18,25H,3-5,7,9,11-13,21H2,1-2H3,(H,23,24)/t14?,18-,20+/m0/s1. The number of nitrogens with zero attached hydrogens (tertiary/aromatic N) is 1. The molecule has 1 saturated carbocycles. The molecule has 152 valence electrons. The van der Waals surface area contributed by atoms with Gasteiger partial charge < -0.3 is 25.4 Å². The number of carbonyl (C=O) groups is 1. The van der Waals surface area contributed by atoms with Crippen LogP contribution in [0.2, 0.25) is 0 Å². The second kappa shape index (κ2) is 10.0. The summed E-state index contributed by atoms with van der Waals surface area (Å²) in [5.41, 5.74) is 4.23. The Morgan fingerprint density at radius 1 is 1.44 bits per heavy atom. The highest BCUT2D eigenvalue weighted by Crippen LogP contribution is 2.32. The summed E-state index contributed by atoms with van der Waals surface area (Å²) in [6, 6.07) is 2.32. The van der Waals surface area contributed by atoms with Crippen molar-refractivity contribution in [3.8, 4) is 5.75 Å². The molecule has 0 spiro atoms. The lowest BCUT2D eigenvalue weighted by molar-refractivity contribution is -0.162. The van der Waals surface area contributed by atoms with Crippen molar-refractivity contribution >= 4 is 5.97 Å². The van der Waals surface area contributed by atoms with Gasteiger partial charge >= 0.3 is 5.97 Å². The van der Waals surface area contributed by atoms with E-state index in [0.717, 1.165) is 18.8 Å². The molecule has 0 radical (unpaired) electrons. The highest BCUT2D eigenvalue weighted by atomic mass is 16.5. The minimum atomic E-state index is -2.16. The summed E-state index contributed by atoms with van der Waals surface area (Å²) in [6.07, 6.45) is 5.86. The molecule has 1 aromatic rings. The van der Waals surface area contributed by atoms with Gasteiger partial charge in [0, 0.05) is 31.0 Å². The smallest absolute Gasteiger partial charge is 0.337 e. The van der Waals surface area contributed by atoms with Crippen molar-refractivity contribution in [1.82, 2.24) is 4.98 Å². The Morgan fingerprint density at radius 3 is 2.81 bits per heavy atom. The van der Waals surface area contributed by atoms with Crippen molar-refractivity contribution in [2.45, 2.75) is 57.6 Å². The molecule has 1 heterocycles. The zero-order valence-electron chi connectivity index (χ0n) is 16.3. The van der Waals surface area contributed by atoms with Gasteiger partial charge in [0.05, 0.1) is 19.3 Å². The molecule has 0 aromatic carbocycles. The molecule has 0 bridgehead atoms. The van der Waals surface area contributed by atoms with Crippen LogP contribution in [0.1, 0.15) is 45.2 Å².